The summed E-state index contributed by atoms with van der Waals surface area (Å²) in [6, 6.07) is 2.24. The monoisotopic (exact) mass is 289 g/mol. The molecule has 1 fully saturated rings. The molecule has 106 valence electrons. The van der Waals surface area contributed by atoms with E-state index >= 15 is 0 Å². The summed E-state index contributed by atoms with van der Waals surface area (Å²) in [5, 5.41) is 17.5. The molecule has 1 heterocycles. The van der Waals surface area contributed by atoms with Crippen LogP contribution >= 0.6 is 0 Å². The molecule has 0 spiro atoms. The normalized spacial score (nSPS) is 23.3. The first kappa shape index (κ1) is 14.0. The molecule has 19 heavy (non-hydrogen) atoms. The summed E-state index contributed by atoms with van der Waals surface area (Å²) < 4.78 is 30.1. The van der Waals surface area contributed by atoms with Crippen molar-refractivity contribution in [1.82, 2.24) is 4.31 Å². The van der Waals surface area contributed by atoms with Crippen LogP contribution in [0.15, 0.2) is 21.6 Å². The largest absolute Gasteiger partial charge is 0.475 e. The second-order valence-corrected chi connectivity index (χ2v) is 6.68. The van der Waals surface area contributed by atoms with Gasteiger partial charge in [0.25, 0.3) is 10.0 Å². The maximum atomic E-state index is 12.1. The lowest BCUT2D eigenvalue weighted by molar-refractivity contribution is 0.0365. The van der Waals surface area contributed by atoms with Gasteiger partial charge in [-0.2, -0.15) is 4.31 Å². The minimum Gasteiger partial charge on any atom is -0.475 e. The minimum atomic E-state index is -3.82. The molecule has 7 nitrogen and oxygen atoms in total. The number of aliphatic hydroxyl groups excluding tert-OH is 1. The van der Waals surface area contributed by atoms with Crippen LogP contribution in [0.3, 0.4) is 0 Å². The lowest BCUT2D eigenvalue weighted by Gasteiger charge is -2.33. The molecule has 0 aromatic carbocycles. The van der Waals surface area contributed by atoms with E-state index in [2.05, 4.69) is 0 Å². The SMILES string of the molecule is CN(CC1CC(O)C1)S(=O)(=O)c1ccc(C(=O)O)o1. The van der Waals surface area contributed by atoms with Crippen LogP contribution in [0, 0.1) is 5.92 Å². The summed E-state index contributed by atoms with van der Waals surface area (Å²) >= 11 is 0. The van der Waals surface area contributed by atoms with Crippen molar-refractivity contribution in [2.75, 3.05) is 13.6 Å². The molecule has 0 radical (unpaired) electrons. The van der Waals surface area contributed by atoms with Gasteiger partial charge in [-0.3, -0.25) is 0 Å². The number of aromatic carboxylic acids is 1. The molecular weight excluding hydrogens is 274 g/mol. The number of carboxylic acids is 1. The van der Waals surface area contributed by atoms with Crippen molar-refractivity contribution in [2.24, 2.45) is 5.92 Å². The van der Waals surface area contributed by atoms with E-state index in [1.54, 1.807) is 0 Å². The molecule has 1 aromatic heterocycles. The van der Waals surface area contributed by atoms with E-state index in [4.69, 9.17) is 14.6 Å². The van der Waals surface area contributed by atoms with E-state index in [1.165, 1.54) is 7.05 Å². The van der Waals surface area contributed by atoms with Crippen molar-refractivity contribution in [1.29, 1.82) is 0 Å². The Morgan fingerprint density at radius 3 is 2.58 bits per heavy atom. The standard InChI is InChI=1S/C11H15NO6S/c1-12(6-7-4-8(13)5-7)19(16,17)10-3-2-9(18-10)11(14)15/h2-3,7-8,13H,4-6H2,1H3,(H,14,15). The number of carbonyl (C=O) groups is 1. The number of rotatable bonds is 5. The highest BCUT2D eigenvalue weighted by Crippen LogP contribution is 2.29. The van der Waals surface area contributed by atoms with Crippen molar-refractivity contribution in [2.45, 2.75) is 24.0 Å². The zero-order chi connectivity index (χ0) is 14.2. The third-order valence-corrected chi connectivity index (χ3v) is 4.88. The highest BCUT2D eigenvalue weighted by Gasteiger charge is 2.33. The van der Waals surface area contributed by atoms with E-state index in [0.717, 1.165) is 16.4 Å². The van der Waals surface area contributed by atoms with E-state index in [0.29, 0.717) is 12.8 Å². The number of nitrogens with zero attached hydrogens (tertiary/aromatic N) is 1. The Morgan fingerprint density at radius 1 is 1.47 bits per heavy atom. The number of aliphatic hydroxyl groups is 1. The number of hydrogen-bond donors (Lipinski definition) is 2. The lowest BCUT2D eigenvalue weighted by Crippen LogP contribution is -2.39. The van der Waals surface area contributed by atoms with Crippen LogP contribution in [0.5, 0.6) is 0 Å². The van der Waals surface area contributed by atoms with Crippen molar-refractivity contribution in [3.8, 4) is 0 Å². The Kier molecular flexibility index (Phi) is 3.66. The van der Waals surface area contributed by atoms with Crippen LogP contribution in [0.1, 0.15) is 23.4 Å². The van der Waals surface area contributed by atoms with Gasteiger partial charge in [0, 0.05) is 13.6 Å². The fourth-order valence-electron chi connectivity index (χ4n) is 2.04. The Morgan fingerprint density at radius 2 is 2.11 bits per heavy atom. The Bertz CT molecular complexity index is 572. The summed E-state index contributed by atoms with van der Waals surface area (Å²) in [4.78, 5) is 10.7. The molecule has 0 saturated heterocycles. The van der Waals surface area contributed by atoms with Gasteiger partial charge in [-0.15, -0.1) is 0 Å². The first-order valence-electron chi connectivity index (χ1n) is 5.78. The summed E-state index contributed by atoms with van der Waals surface area (Å²) in [5.41, 5.74) is 0. The molecule has 0 aliphatic heterocycles. The van der Waals surface area contributed by atoms with Gasteiger partial charge >= 0.3 is 5.97 Å². The maximum absolute atomic E-state index is 12.1. The van der Waals surface area contributed by atoms with E-state index in [1.807, 2.05) is 0 Å². The van der Waals surface area contributed by atoms with Crippen molar-refractivity contribution < 1.29 is 27.8 Å². The summed E-state index contributed by atoms with van der Waals surface area (Å²) in [6.07, 6.45) is 0.819. The molecule has 1 saturated carbocycles. The maximum Gasteiger partial charge on any atom is 0.371 e. The lowest BCUT2D eigenvalue weighted by atomic mass is 9.82. The second kappa shape index (κ2) is 4.95. The van der Waals surface area contributed by atoms with Crippen LogP contribution in [0.4, 0.5) is 0 Å². The quantitative estimate of drug-likeness (QED) is 0.810. The molecule has 0 amide bonds. The average molecular weight is 289 g/mol. The summed E-state index contributed by atoms with van der Waals surface area (Å²) in [5.74, 6) is -1.60. The van der Waals surface area contributed by atoms with Gasteiger partial charge < -0.3 is 14.6 Å². The number of hydrogen-bond acceptors (Lipinski definition) is 5. The summed E-state index contributed by atoms with van der Waals surface area (Å²) in [7, 11) is -2.41. The highest BCUT2D eigenvalue weighted by atomic mass is 32.2. The van der Waals surface area contributed by atoms with E-state index < -0.39 is 21.8 Å². The number of sulfonamides is 1. The summed E-state index contributed by atoms with van der Waals surface area (Å²) in [6.45, 7) is 0.280. The molecule has 2 rings (SSSR count). The van der Waals surface area contributed by atoms with Gasteiger partial charge in [-0.05, 0) is 30.9 Å². The molecule has 0 bridgehead atoms. The molecule has 0 unspecified atom stereocenters. The zero-order valence-corrected chi connectivity index (χ0v) is 11.1. The Hall–Kier alpha value is -1.38. The van der Waals surface area contributed by atoms with Crippen LogP contribution < -0.4 is 0 Å². The van der Waals surface area contributed by atoms with Crippen LogP contribution in [0.25, 0.3) is 0 Å². The molecule has 1 aliphatic rings. The smallest absolute Gasteiger partial charge is 0.371 e. The van der Waals surface area contributed by atoms with Crippen LogP contribution in [-0.4, -0.2) is 48.6 Å². The Labute approximate surface area is 110 Å². The van der Waals surface area contributed by atoms with E-state index in [9.17, 15) is 13.2 Å². The van der Waals surface area contributed by atoms with Gasteiger partial charge in [0.2, 0.25) is 10.9 Å². The zero-order valence-electron chi connectivity index (χ0n) is 10.3. The first-order valence-corrected chi connectivity index (χ1v) is 7.22. The minimum absolute atomic E-state index is 0.128. The predicted molar refractivity (Wildman–Crippen MR) is 64.2 cm³/mol. The van der Waals surface area contributed by atoms with Gasteiger partial charge in [0.1, 0.15) is 0 Å². The van der Waals surface area contributed by atoms with Crippen molar-refractivity contribution in [3.05, 3.63) is 17.9 Å². The average Bonchev–Trinajstić information content (AvgIpc) is 2.76. The fraction of sp³-hybridized carbons (Fsp3) is 0.545. The van der Waals surface area contributed by atoms with Gasteiger partial charge in [-0.25, -0.2) is 13.2 Å². The number of furan rings is 1. The van der Waals surface area contributed by atoms with Gasteiger partial charge in [0.15, 0.2) is 0 Å². The van der Waals surface area contributed by atoms with Crippen molar-refractivity contribution >= 4 is 16.0 Å². The van der Waals surface area contributed by atoms with Crippen molar-refractivity contribution in [3.63, 3.8) is 0 Å². The molecule has 2 N–H and O–H groups in total. The topological polar surface area (TPSA) is 108 Å². The predicted octanol–water partition coefficient (Wildman–Crippen LogP) is 0.369. The number of carboxylic acid groups (broad SMARTS) is 1. The third kappa shape index (κ3) is 2.80. The van der Waals surface area contributed by atoms with Gasteiger partial charge in [0.05, 0.1) is 6.10 Å². The molecule has 0 atom stereocenters. The van der Waals surface area contributed by atoms with Crippen LogP contribution in [0.2, 0.25) is 0 Å². The van der Waals surface area contributed by atoms with Gasteiger partial charge in [-0.1, -0.05) is 0 Å². The highest BCUT2D eigenvalue weighted by molar-refractivity contribution is 7.89. The molecule has 8 heteroatoms. The Balaban J connectivity index is 2.09. The second-order valence-electron chi connectivity index (χ2n) is 4.70. The fourth-order valence-corrected chi connectivity index (χ4v) is 3.19. The molecule has 1 aromatic rings. The third-order valence-electron chi connectivity index (χ3n) is 3.18. The molecular formula is C11H15NO6S. The van der Waals surface area contributed by atoms with Crippen LogP contribution in [-0.2, 0) is 10.0 Å². The first-order chi connectivity index (χ1) is 8.80. The van der Waals surface area contributed by atoms with E-state index in [-0.39, 0.29) is 23.7 Å². The molecule has 1 aliphatic carbocycles.